The van der Waals surface area contributed by atoms with Gasteiger partial charge in [0, 0.05) is 0 Å². The molecular weight excluding hydrogens is 709 g/mol. The highest BCUT2D eigenvalue weighted by Gasteiger charge is 2.70. The monoisotopic (exact) mass is 760 g/mol. The minimum absolute atomic E-state index is 0.0496. The third-order valence-electron chi connectivity index (χ3n) is 15.2. The Morgan fingerprint density at radius 3 is 1.05 bits per heavy atom. The molecule has 59 heavy (non-hydrogen) atoms. The minimum Gasteiger partial charge on any atom is -0.0799 e. The second-order valence-electron chi connectivity index (χ2n) is 18.8. The quantitative estimate of drug-likeness (QED) is 0.145. The molecule has 4 bridgehead atoms. The topological polar surface area (TPSA) is 0 Å². The van der Waals surface area contributed by atoms with E-state index in [9.17, 15) is 0 Å². The van der Waals surface area contributed by atoms with Crippen molar-refractivity contribution in [2.75, 3.05) is 0 Å². The zero-order chi connectivity index (χ0) is 39.5. The van der Waals surface area contributed by atoms with Crippen molar-refractivity contribution in [2.45, 2.75) is 68.1 Å². The summed E-state index contributed by atoms with van der Waals surface area (Å²) in [5.74, 6) is 0.480. The second-order valence-corrected chi connectivity index (χ2v) is 18.8. The van der Waals surface area contributed by atoms with Gasteiger partial charge in [-0.15, -0.1) is 0 Å². The first-order valence-corrected chi connectivity index (χ1v) is 21.9. The average Bonchev–Trinajstić information content (AvgIpc) is 3.30. The molecule has 5 aliphatic rings. The van der Waals surface area contributed by atoms with E-state index in [1.54, 1.807) is 0 Å². The summed E-state index contributed by atoms with van der Waals surface area (Å²) in [6.45, 7) is 2.17. The van der Waals surface area contributed by atoms with E-state index < -0.39 is 0 Å². The lowest BCUT2D eigenvalue weighted by molar-refractivity contribution is -0.126. The van der Waals surface area contributed by atoms with Crippen LogP contribution in [0.2, 0.25) is 0 Å². The van der Waals surface area contributed by atoms with Crippen LogP contribution in [0.5, 0.6) is 0 Å². The van der Waals surface area contributed by atoms with Gasteiger partial charge in [-0.25, -0.2) is 0 Å². The first-order valence-electron chi connectivity index (χ1n) is 21.9. The van der Waals surface area contributed by atoms with Gasteiger partial charge in [0.05, 0.1) is 0 Å². The van der Waals surface area contributed by atoms with Crippen LogP contribution in [-0.2, 0) is 16.2 Å². The Bertz CT molecular complexity index is 2550. The molecular formula is C59H52. The van der Waals surface area contributed by atoms with Gasteiger partial charge in [-0.2, -0.15) is 0 Å². The molecule has 0 saturated heterocycles. The maximum Gasteiger partial charge on any atom is -0.00245 e. The average molecular weight is 761 g/mol. The summed E-state index contributed by atoms with van der Waals surface area (Å²) in [4.78, 5) is 0. The highest BCUT2D eigenvalue weighted by atomic mass is 14.7. The van der Waals surface area contributed by atoms with E-state index in [0.29, 0.717) is 5.92 Å². The van der Waals surface area contributed by atoms with Gasteiger partial charge in [0.2, 0.25) is 0 Å². The van der Waals surface area contributed by atoms with Crippen LogP contribution in [0.3, 0.4) is 0 Å². The zero-order valence-electron chi connectivity index (χ0n) is 34.2. The molecule has 12 rings (SSSR count). The van der Waals surface area contributed by atoms with Crippen LogP contribution >= 0.6 is 0 Å². The van der Waals surface area contributed by atoms with Crippen molar-refractivity contribution in [1.29, 1.82) is 0 Å². The van der Waals surface area contributed by atoms with E-state index in [1.165, 1.54) is 105 Å². The molecule has 7 aromatic rings. The molecule has 0 nitrogen and oxygen atoms in total. The predicted molar refractivity (Wildman–Crippen MR) is 247 cm³/mol. The number of hydrogen-bond acceptors (Lipinski definition) is 0. The van der Waals surface area contributed by atoms with Crippen LogP contribution in [-0.4, -0.2) is 0 Å². The molecule has 4 saturated carbocycles. The molecule has 3 atom stereocenters. The van der Waals surface area contributed by atoms with Crippen molar-refractivity contribution >= 4 is 5.57 Å². The van der Waals surface area contributed by atoms with Gasteiger partial charge >= 0.3 is 0 Å². The highest BCUT2D eigenvalue weighted by Crippen LogP contribution is 2.76. The number of benzene rings is 7. The fourth-order valence-electron chi connectivity index (χ4n) is 13.0. The van der Waals surface area contributed by atoms with E-state index in [4.69, 9.17) is 0 Å². The van der Waals surface area contributed by atoms with Gasteiger partial charge in [0.25, 0.3) is 0 Å². The zero-order valence-corrected chi connectivity index (χ0v) is 34.2. The van der Waals surface area contributed by atoms with E-state index >= 15 is 0 Å². The van der Waals surface area contributed by atoms with Crippen molar-refractivity contribution < 1.29 is 0 Å². The lowest BCUT2D eigenvalue weighted by Crippen LogP contribution is -2.67. The van der Waals surface area contributed by atoms with Crippen molar-refractivity contribution in [3.63, 3.8) is 0 Å². The third kappa shape index (κ3) is 6.27. The lowest BCUT2D eigenvalue weighted by atomic mass is 9.31. The second kappa shape index (κ2) is 14.1. The van der Waals surface area contributed by atoms with Crippen LogP contribution in [0.25, 0.3) is 39.0 Å². The standard InChI is InChI=1S/C59H52/c1-43-17-19-47(20-18-43)51-27-35-55(36-28-51)59-40-56(52-29-21-48(22-30-52)44-11-5-2-6-12-44)37-57(41-59,53-31-23-49(24-32-53)45-13-7-3-8-14-45)39-58(38-56,42-59)54-33-25-50(26-34-54)46-15-9-4-10-16-46/h2-33,35-36,54H,34,37-42H2,1H3. The summed E-state index contributed by atoms with van der Waals surface area (Å²) in [5.41, 5.74) is 16.7. The van der Waals surface area contributed by atoms with E-state index in [-0.39, 0.29) is 21.7 Å². The van der Waals surface area contributed by atoms with Crippen molar-refractivity contribution in [3.8, 4) is 33.4 Å². The third-order valence-corrected chi connectivity index (χ3v) is 15.2. The maximum absolute atomic E-state index is 2.64. The normalized spacial score (nSPS) is 26.7. The van der Waals surface area contributed by atoms with E-state index in [0.717, 1.165) is 6.42 Å². The van der Waals surface area contributed by atoms with Gasteiger partial charge in [-0.1, -0.05) is 212 Å². The van der Waals surface area contributed by atoms with Crippen LogP contribution < -0.4 is 0 Å². The number of hydrogen-bond donors (Lipinski definition) is 0. The molecule has 4 fully saturated rings. The summed E-state index contributed by atoms with van der Waals surface area (Å²) >= 11 is 0. The molecule has 0 aliphatic heterocycles. The molecule has 5 aliphatic carbocycles. The highest BCUT2D eigenvalue weighted by molar-refractivity contribution is 5.75. The Balaban J connectivity index is 1.07. The summed E-state index contributed by atoms with van der Waals surface area (Å²) in [6.07, 6.45) is 16.1. The maximum atomic E-state index is 2.64. The summed E-state index contributed by atoms with van der Waals surface area (Å²) in [6, 6.07) is 71.5. The first-order chi connectivity index (χ1) is 28.9. The SMILES string of the molecule is Cc1ccc(-c2ccc(C34CC5(c6ccc(-c7ccccc7)cc6)CC(c6ccc(-c7ccccc7)cc6)(C3)CC(C3C=CC(c6ccccc6)=CC3)(C5)C4)cc2)cc1. The Labute approximate surface area is 351 Å². The van der Waals surface area contributed by atoms with Crippen molar-refractivity contribution in [3.05, 3.63) is 234 Å². The molecule has 0 heteroatoms. The molecule has 288 valence electrons. The van der Waals surface area contributed by atoms with Gasteiger partial charge in [0.15, 0.2) is 0 Å². The van der Waals surface area contributed by atoms with Gasteiger partial charge < -0.3 is 0 Å². The number of rotatable bonds is 8. The molecule has 3 unspecified atom stereocenters. The smallest absolute Gasteiger partial charge is 0.00245 e. The van der Waals surface area contributed by atoms with Gasteiger partial charge in [-0.05, 0) is 141 Å². The fourth-order valence-corrected chi connectivity index (χ4v) is 13.0. The van der Waals surface area contributed by atoms with Crippen LogP contribution in [0.15, 0.2) is 206 Å². The first kappa shape index (κ1) is 36.1. The van der Waals surface area contributed by atoms with E-state index in [1.807, 2.05) is 0 Å². The molecule has 0 heterocycles. The Morgan fingerprint density at radius 2 is 0.695 bits per heavy atom. The molecule has 0 amide bonds. The molecule has 0 aromatic heterocycles. The summed E-state index contributed by atoms with van der Waals surface area (Å²) < 4.78 is 0. The molecule has 7 aromatic carbocycles. The fraction of sp³-hybridized carbons (Fsp3) is 0.220. The van der Waals surface area contributed by atoms with Gasteiger partial charge in [0.1, 0.15) is 0 Å². The van der Waals surface area contributed by atoms with E-state index in [2.05, 4.69) is 213 Å². The van der Waals surface area contributed by atoms with Crippen LogP contribution in [0, 0.1) is 18.3 Å². The van der Waals surface area contributed by atoms with Crippen LogP contribution in [0.4, 0.5) is 0 Å². The lowest BCUT2D eigenvalue weighted by Gasteiger charge is -2.72. The number of allylic oxidation sites excluding steroid dienone is 4. The molecule has 0 N–H and O–H groups in total. The Morgan fingerprint density at radius 1 is 0.356 bits per heavy atom. The Kier molecular flexibility index (Phi) is 8.63. The predicted octanol–water partition coefficient (Wildman–Crippen LogP) is 15.1. The largest absolute Gasteiger partial charge is 0.0799 e. The summed E-state index contributed by atoms with van der Waals surface area (Å²) in [7, 11) is 0. The van der Waals surface area contributed by atoms with Gasteiger partial charge in [-0.3, -0.25) is 0 Å². The van der Waals surface area contributed by atoms with Crippen LogP contribution in [0.1, 0.15) is 72.8 Å². The summed E-state index contributed by atoms with van der Waals surface area (Å²) in [5, 5.41) is 0. The molecule has 0 spiro atoms. The van der Waals surface area contributed by atoms with Crippen molar-refractivity contribution in [2.24, 2.45) is 11.3 Å². The minimum atomic E-state index is 0.0496. The Hall–Kier alpha value is -5.98. The van der Waals surface area contributed by atoms with Crippen molar-refractivity contribution in [1.82, 2.24) is 0 Å². The number of aryl methyl sites for hydroxylation is 1. The molecule has 0 radical (unpaired) electrons.